The molecule has 4 rings (SSSR count). The maximum Gasteiger partial charge on any atom is 0.342 e. The second-order valence-corrected chi connectivity index (χ2v) is 10.0. The summed E-state index contributed by atoms with van der Waals surface area (Å²) in [4.78, 5) is 25.1. The molecule has 1 fully saturated rings. The number of ether oxygens (including phenoxy) is 2. The molecule has 0 aliphatic carbocycles. The van der Waals surface area contributed by atoms with E-state index in [9.17, 15) is 22.4 Å². The van der Waals surface area contributed by atoms with Crippen molar-refractivity contribution in [3.63, 3.8) is 0 Å². The summed E-state index contributed by atoms with van der Waals surface area (Å²) in [6.07, 6.45) is 1.76. The van der Waals surface area contributed by atoms with Crippen molar-refractivity contribution < 1.29 is 31.9 Å². The van der Waals surface area contributed by atoms with E-state index in [4.69, 9.17) is 9.47 Å². The summed E-state index contributed by atoms with van der Waals surface area (Å²) in [5.74, 6) is -1.35. The number of carbonyl (C=O) groups is 2. The van der Waals surface area contributed by atoms with Crippen molar-refractivity contribution in [1.82, 2.24) is 15.1 Å². The van der Waals surface area contributed by atoms with Crippen LogP contribution in [0.1, 0.15) is 16.8 Å². The minimum Gasteiger partial charge on any atom is -0.497 e. The van der Waals surface area contributed by atoms with Crippen molar-refractivity contribution in [3.05, 3.63) is 66.1 Å². The van der Waals surface area contributed by atoms with Gasteiger partial charge < -0.3 is 14.8 Å². The fourth-order valence-electron chi connectivity index (χ4n) is 3.62. The van der Waals surface area contributed by atoms with E-state index >= 15 is 0 Å². The van der Waals surface area contributed by atoms with E-state index in [0.717, 1.165) is 0 Å². The molecule has 3 aromatic rings. The fraction of sp³-hybridized carbons (Fsp3) is 0.261. The molecule has 0 saturated carbocycles. The predicted octanol–water partition coefficient (Wildman–Crippen LogP) is 2.15. The van der Waals surface area contributed by atoms with Crippen LogP contribution in [0, 0.1) is 5.82 Å². The lowest BCUT2D eigenvalue weighted by Gasteiger charge is -2.11. The van der Waals surface area contributed by atoms with E-state index in [-0.39, 0.29) is 22.8 Å². The third-order valence-electron chi connectivity index (χ3n) is 5.30. The average molecular weight is 488 g/mol. The van der Waals surface area contributed by atoms with Crippen LogP contribution in [0.3, 0.4) is 0 Å². The molecule has 1 saturated heterocycles. The normalized spacial score (nSPS) is 16.7. The standard InChI is InChI=1S/C23H22FN3O6S/c1-32-19-4-2-3-15(11-19)22-20(12-27(26-22)18-7-5-16(24)6-8-18)23(29)33-13-21(28)25-17-9-10-34(30,31)14-17/h2-8,11-12,17H,9-10,13-14H2,1H3,(H,25,28). The van der Waals surface area contributed by atoms with Crippen molar-refractivity contribution in [2.75, 3.05) is 25.2 Å². The number of sulfone groups is 1. The number of esters is 1. The molecule has 0 bridgehead atoms. The molecule has 1 aliphatic rings. The molecule has 178 valence electrons. The van der Waals surface area contributed by atoms with Gasteiger partial charge in [0, 0.05) is 17.8 Å². The number of carbonyl (C=O) groups excluding carboxylic acids is 2. The molecular formula is C23H22FN3O6S. The van der Waals surface area contributed by atoms with E-state index in [2.05, 4.69) is 10.4 Å². The number of hydrogen-bond donors (Lipinski definition) is 1. The maximum absolute atomic E-state index is 13.3. The average Bonchev–Trinajstić information content (AvgIpc) is 3.41. The molecule has 9 nitrogen and oxygen atoms in total. The largest absolute Gasteiger partial charge is 0.497 e. The molecule has 1 aromatic heterocycles. The van der Waals surface area contributed by atoms with Crippen LogP contribution in [0.15, 0.2) is 54.7 Å². The number of halogens is 1. The first-order chi connectivity index (χ1) is 16.2. The Kier molecular flexibility index (Phi) is 6.64. The van der Waals surface area contributed by atoms with Crippen LogP contribution >= 0.6 is 0 Å². The van der Waals surface area contributed by atoms with Crippen molar-refractivity contribution >= 4 is 21.7 Å². The summed E-state index contributed by atoms with van der Waals surface area (Å²) >= 11 is 0. The molecule has 0 radical (unpaired) electrons. The van der Waals surface area contributed by atoms with Crippen LogP contribution in [0.2, 0.25) is 0 Å². The first-order valence-corrected chi connectivity index (χ1v) is 12.2. The Morgan fingerprint density at radius 1 is 1.21 bits per heavy atom. The van der Waals surface area contributed by atoms with Gasteiger partial charge in [0.25, 0.3) is 5.91 Å². The number of nitrogens with one attached hydrogen (secondary N) is 1. The predicted molar refractivity (Wildman–Crippen MR) is 121 cm³/mol. The molecule has 2 aromatic carbocycles. The zero-order valence-corrected chi connectivity index (χ0v) is 19.0. The second kappa shape index (κ2) is 9.64. The van der Waals surface area contributed by atoms with Gasteiger partial charge in [-0.25, -0.2) is 22.3 Å². The lowest BCUT2D eigenvalue weighted by atomic mass is 10.1. The maximum atomic E-state index is 13.3. The van der Waals surface area contributed by atoms with Gasteiger partial charge in [-0.15, -0.1) is 0 Å². The van der Waals surface area contributed by atoms with Crippen molar-refractivity contribution in [2.45, 2.75) is 12.5 Å². The summed E-state index contributed by atoms with van der Waals surface area (Å²) in [5, 5.41) is 7.04. The highest BCUT2D eigenvalue weighted by molar-refractivity contribution is 7.91. The Labute approximate surface area is 195 Å². The van der Waals surface area contributed by atoms with E-state index in [1.165, 1.54) is 42.3 Å². The SMILES string of the molecule is COc1cccc(-c2nn(-c3ccc(F)cc3)cc2C(=O)OCC(=O)NC2CCS(=O)(=O)C2)c1. The first-order valence-electron chi connectivity index (χ1n) is 10.4. The minimum atomic E-state index is -3.15. The third kappa shape index (κ3) is 5.42. The van der Waals surface area contributed by atoms with Crippen molar-refractivity contribution in [2.24, 2.45) is 0 Å². The molecular weight excluding hydrogens is 465 g/mol. The summed E-state index contributed by atoms with van der Waals surface area (Å²) in [7, 11) is -1.64. The number of nitrogens with zero attached hydrogens (tertiary/aromatic N) is 2. The number of methoxy groups -OCH3 is 1. The molecule has 1 aliphatic heterocycles. The molecule has 1 unspecified atom stereocenters. The Morgan fingerprint density at radius 2 is 1.97 bits per heavy atom. The van der Waals surface area contributed by atoms with Gasteiger partial charge in [0.05, 0.1) is 24.3 Å². The van der Waals surface area contributed by atoms with Gasteiger partial charge in [-0.3, -0.25) is 4.79 Å². The lowest BCUT2D eigenvalue weighted by molar-refractivity contribution is -0.124. The highest BCUT2D eigenvalue weighted by Crippen LogP contribution is 2.27. The van der Waals surface area contributed by atoms with Gasteiger partial charge >= 0.3 is 5.97 Å². The zero-order chi connectivity index (χ0) is 24.3. The topological polar surface area (TPSA) is 117 Å². The van der Waals surface area contributed by atoms with Crippen LogP contribution in [0.4, 0.5) is 4.39 Å². The highest BCUT2D eigenvalue weighted by Gasteiger charge is 2.29. The Morgan fingerprint density at radius 3 is 2.65 bits per heavy atom. The molecule has 11 heteroatoms. The van der Waals surface area contributed by atoms with Gasteiger partial charge in [-0.1, -0.05) is 12.1 Å². The highest BCUT2D eigenvalue weighted by atomic mass is 32.2. The molecule has 1 amide bonds. The third-order valence-corrected chi connectivity index (χ3v) is 7.07. The first kappa shape index (κ1) is 23.4. The lowest BCUT2D eigenvalue weighted by Crippen LogP contribution is -2.38. The summed E-state index contributed by atoms with van der Waals surface area (Å²) in [6.45, 7) is -0.575. The summed E-state index contributed by atoms with van der Waals surface area (Å²) in [6, 6.07) is 12.0. The van der Waals surface area contributed by atoms with Crippen molar-refractivity contribution in [3.8, 4) is 22.7 Å². The van der Waals surface area contributed by atoms with Gasteiger partial charge in [0.15, 0.2) is 16.4 Å². The summed E-state index contributed by atoms with van der Waals surface area (Å²) in [5.41, 5.74) is 1.47. The molecule has 1 N–H and O–H groups in total. The monoisotopic (exact) mass is 487 g/mol. The van der Waals surface area contributed by atoms with Gasteiger partial charge in [0.1, 0.15) is 22.8 Å². The smallest absolute Gasteiger partial charge is 0.342 e. The van der Waals surface area contributed by atoms with E-state index in [0.29, 0.717) is 23.4 Å². The number of benzene rings is 2. The summed E-state index contributed by atoms with van der Waals surface area (Å²) < 4.78 is 48.3. The Bertz CT molecular complexity index is 1320. The fourth-order valence-corrected chi connectivity index (χ4v) is 5.29. The number of amides is 1. The number of rotatable bonds is 7. The van der Waals surface area contributed by atoms with Crippen molar-refractivity contribution in [1.29, 1.82) is 0 Å². The zero-order valence-electron chi connectivity index (χ0n) is 18.2. The van der Waals surface area contributed by atoms with Crippen LogP contribution in [-0.2, 0) is 19.4 Å². The van der Waals surface area contributed by atoms with Crippen LogP contribution in [0.5, 0.6) is 5.75 Å². The second-order valence-electron chi connectivity index (χ2n) is 7.79. The van der Waals surface area contributed by atoms with Gasteiger partial charge in [0.2, 0.25) is 0 Å². The van der Waals surface area contributed by atoms with E-state index in [1.54, 1.807) is 24.3 Å². The molecule has 34 heavy (non-hydrogen) atoms. The van der Waals surface area contributed by atoms with Crippen LogP contribution in [0.25, 0.3) is 16.9 Å². The molecule has 2 heterocycles. The minimum absolute atomic E-state index is 0.0181. The number of aromatic nitrogens is 2. The quantitative estimate of drug-likeness (QED) is 0.508. The molecule has 1 atom stereocenters. The Balaban J connectivity index is 1.55. The van der Waals surface area contributed by atoms with E-state index in [1.807, 2.05) is 0 Å². The number of hydrogen-bond acceptors (Lipinski definition) is 7. The van der Waals surface area contributed by atoms with Crippen LogP contribution < -0.4 is 10.1 Å². The Hall–Kier alpha value is -3.73. The van der Waals surface area contributed by atoms with Crippen LogP contribution in [-0.4, -0.2) is 61.3 Å². The van der Waals surface area contributed by atoms with Gasteiger partial charge in [-0.2, -0.15) is 5.10 Å². The van der Waals surface area contributed by atoms with E-state index < -0.39 is 40.2 Å². The van der Waals surface area contributed by atoms with Gasteiger partial charge in [-0.05, 0) is 42.8 Å². The molecule has 0 spiro atoms.